The van der Waals surface area contributed by atoms with E-state index in [1.807, 2.05) is 11.7 Å². The number of hydrogen-bond donors (Lipinski definition) is 1. The van der Waals surface area contributed by atoms with Gasteiger partial charge in [0.2, 0.25) is 0 Å². The minimum Gasteiger partial charge on any atom is -0.310 e. The monoisotopic (exact) mass is 257 g/mol. The van der Waals surface area contributed by atoms with E-state index in [4.69, 9.17) is 0 Å². The predicted octanol–water partition coefficient (Wildman–Crippen LogP) is 2.93. The SMILES string of the molecule is CCNC(Cc1ccccc1C)c1cn(C)nc1C. The van der Waals surface area contributed by atoms with Crippen LogP contribution >= 0.6 is 0 Å². The summed E-state index contributed by atoms with van der Waals surface area (Å²) in [6, 6.07) is 8.93. The first-order chi connectivity index (χ1) is 9.11. The van der Waals surface area contributed by atoms with Crippen LogP contribution in [0.25, 0.3) is 0 Å². The lowest BCUT2D eigenvalue weighted by atomic mass is 9.96. The van der Waals surface area contributed by atoms with Crippen LogP contribution in [-0.2, 0) is 13.5 Å². The van der Waals surface area contributed by atoms with Crippen molar-refractivity contribution in [2.24, 2.45) is 7.05 Å². The molecular weight excluding hydrogens is 234 g/mol. The molecule has 0 aliphatic carbocycles. The molecule has 102 valence electrons. The molecule has 1 atom stereocenters. The summed E-state index contributed by atoms with van der Waals surface area (Å²) in [6.45, 7) is 7.37. The van der Waals surface area contributed by atoms with Crippen LogP contribution in [0, 0.1) is 13.8 Å². The number of rotatable bonds is 5. The van der Waals surface area contributed by atoms with Crippen LogP contribution in [0.1, 0.15) is 35.3 Å². The first-order valence-electron chi connectivity index (χ1n) is 6.89. The summed E-state index contributed by atoms with van der Waals surface area (Å²) in [5.41, 5.74) is 5.17. The number of hydrogen-bond acceptors (Lipinski definition) is 2. The normalized spacial score (nSPS) is 12.6. The van der Waals surface area contributed by atoms with E-state index >= 15 is 0 Å². The number of nitrogens with zero attached hydrogens (tertiary/aromatic N) is 2. The van der Waals surface area contributed by atoms with Crippen molar-refractivity contribution in [3.8, 4) is 0 Å². The number of likely N-dealkylation sites (N-methyl/N-ethyl adjacent to an activating group) is 1. The van der Waals surface area contributed by atoms with E-state index < -0.39 is 0 Å². The van der Waals surface area contributed by atoms with Gasteiger partial charge in [-0.3, -0.25) is 4.68 Å². The minimum atomic E-state index is 0.333. The van der Waals surface area contributed by atoms with Gasteiger partial charge in [0.1, 0.15) is 0 Å². The van der Waals surface area contributed by atoms with Crippen molar-refractivity contribution in [1.82, 2.24) is 15.1 Å². The summed E-state index contributed by atoms with van der Waals surface area (Å²) in [4.78, 5) is 0. The van der Waals surface area contributed by atoms with Crippen molar-refractivity contribution in [3.63, 3.8) is 0 Å². The van der Waals surface area contributed by atoms with Gasteiger partial charge >= 0.3 is 0 Å². The maximum Gasteiger partial charge on any atom is 0.0641 e. The highest BCUT2D eigenvalue weighted by molar-refractivity contribution is 5.29. The molecule has 3 nitrogen and oxygen atoms in total. The molecule has 1 aromatic carbocycles. The highest BCUT2D eigenvalue weighted by Gasteiger charge is 2.16. The van der Waals surface area contributed by atoms with Crippen LogP contribution in [0.5, 0.6) is 0 Å². The largest absolute Gasteiger partial charge is 0.310 e. The lowest BCUT2D eigenvalue weighted by Crippen LogP contribution is -2.23. The minimum absolute atomic E-state index is 0.333. The van der Waals surface area contributed by atoms with Gasteiger partial charge in [0, 0.05) is 24.8 Å². The van der Waals surface area contributed by atoms with Crippen LogP contribution in [0.2, 0.25) is 0 Å². The third kappa shape index (κ3) is 3.24. The van der Waals surface area contributed by atoms with E-state index in [1.165, 1.54) is 16.7 Å². The third-order valence-electron chi connectivity index (χ3n) is 3.56. The summed E-state index contributed by atoms with van der Waals surface area (Å²) in [5, 5.41) is 8.03. The van der Waals surface area contributed by atoms with E-state index in [2.05, 4.69) is 61.6 Å². The van der Waals surface area contributed by atoms with Gasteiger partial charge in [0.25, 0.3) is 0 Å². The van der Waals surface area contributed by atoms with Crippen molar-refractivity contribution in [2.45, 2.75) is 33.2 Å². The van der Waals surface area contributed by atoms with Crippen LogP contribution in [0.4, 0.5) is 0 Å². The fourth-order valence-electron chi connectivity index (χ4n) is 2.56. The van der Waals surface area contributed by atoms with Gasteiger partial charge in [-0.2, -0.15) is 5.10 Å². The summed E-state index contributed by atoms with van der Waals surface area (Å²) in [7, 11) is 1.98. The summed E-state index contributed by atoms with van der Waals surface area (Å²) in [6.07, 6.45) is 3.13. The molecular formula is C16H23N3. The highest BCUT2D eigenvalue weighted by Crippen LogP contribution is 2.22. The Bertz CT molecular complexity index is 543. The molecule has 0 amide bonds. The smallest absolute Gasteiger partial charge is 0.0641 e. The second-order valence-corrected chi connectivity index (χ2v) is 5.08. The molecule has 0 spiro atoms. The Morgan fingerprint density at radius 2 is 2.00 bits per heavy atom. The van der Waals surface area contributed by atoms with Gasteiger partial charge in [-0.15, -0.1) is 0 Å². The van der Waals surface area contributed by atoms with Crippen LogP contribution in [0.3, 0.4) is 0 Å². The molecule has 19 heavy (non-hydrogen) atoms. The van der Waals surface area contributed by atoms with E-state index in [-0.39, 0.29) is 0 Å². The van der Waals surface area contributed by atoms with Crippen LogP contribution in [0.15, 0.2) is 30.5 Å². The molecule has 0 saturated carbocycles. The molecule has 0 fully saturated rings. The van der Waals surface area contributed by atoms with E-state index in [1.54, 1.807) is 0 Å². The van der Waals surface area contributed by atoms with Gasteiger partial charge in [0.15, 0.2) is 0 Å². The second-order valence-electron chi connectivity index (χ2n) is 5.08. The Morgan fingerprint density at radius 1 is 1.26 bits per heavy atom. The van der Waals surface area contributed by atoms with Crippen LogP contribution < -0.4 is 5.32 Å². The van der Waals surface area contributed by atoms with Crippen LogP contribution in [-0.4, -0.2) is 16.3 Å². The lowest BCUT2D eigenvalue weighted by Gasteiger charge is -2.18. The van der Waals surface area contributed by atoms with Crippen molar-refractivity contribution in [1.29, 1.82) is 0 Å². The average Bonchev–Trinajstić information content (AvgIpc) is 2.70. The van der Waals surface area contributed by atoms with E-state index in [0.717, 1.165) is 18.7 Å². The zero-order valence-electron chi connectivity index (χ0n) is 12.3. The Hall–Kier alpha value is -1.61. The molecule has 0 aliphatic heterocycles. The van der Waals surface area contributed by atoms with E-state index in [9.17, 15) is 0 Å². The second kappa shape index (κ2) is 6.02. The maximum absolute atomic E-state index is 4.45. The predicted molar refractivity (Wildman–Crippen MR) is 79.2 cm³/mol. The Balaban J connectivity index is 2.26. The molecule has 3 heteroatoms. The van der Waals surface area contributed by atoms with Crippen molar-refractivity contribution in [3.05, 3.63) is 52.8 Å². The fourth-order valence-corrected chi connectivity index (χ4v) is 2.56. The van der Waals surface area contributed by atoms with Gasteiger partial charge in [-0.05, 0) is 37.9 Å². The Labute approximate surface area is 115 Å². The van der Waals surface area contributed by atoms with Crippen molar-refractivity contribution >= 4 is 0 Å². The number of aryl methyl sites for hydroxylation is 3. The number of nitrogens with one attached hydrogen (secondary N) is 1. The first-order valence-corrected chi connectivity index (χ1v) is 6.89. The van der Waals surface area contributed by atoms with Gasteiger partial charge in [0.05, 0.1) is 5.69 Å². The Kier molecular flexibility index (Phi) is 4.38. The average molecular weight is 257 g/mol. The lowest BCUT2D eigenvalue weighted by molar-refractivity contribution is 0.546. The standard InChI is InChI=1S/C16H23N3/c1-5-17-16(15-11-19(4)18-13(15)3)10-14-9-7-6-8-12(14)2/h6-9,11,16-17H,5,10H2,1-4H3. The van der Waals surface area contributed by atoms with Gasteiger partial charge in [-0.1, -0.05) is 31.2 Å². The zero-order valence-corrected chi connectivity index (χ0v) is 12.3. The molecule has 0 radical (unpaired) electrons. The van der Waals surface area contributed by atoms with Crippen molar-refractivity contribution in [2.75, 3.05) is 6.54 Å². The molecule has 2 rings (SSSR count). The van der Waals surface area contributed by atoms with Crippen molar-refractivity contribution < 1.29 is 0 Å². The fraction of sp³-hybridized carbons (Fsp3) is 0.438. The summed E-state index contributed by atoms with van der Waals surface area (Å²) >= 11 is 0. The highest BCUT2D eigenvalue weighted by atomic mass is 15.3. The summed E-state index contributed by atoms with van der Waals surface area (Å²) in [5.74, 6) is 0. The number of benzene rings is 1. The third-order valence-corrected chi connectivity index (χ3v) is 3.56. The Morgan fingerprint density at radius 3 is 2.58 bits per heavy atom. The quantitative estimate of drug-likeness (QED) is 0.892. The molecule has 1 heterocycles. The van der Waals surface area contributed by atoms with Gasteiger partial charge < -0.3 is 5.32 Å². The first kappa shape index (κ1) is 13.8. The molecule has 2 aromatic rings. The maximum atomic E-state index is 4.45. The molecule has 0 aliphatic rings. The van der Waals surface area contributed by atoms with Gasteiger partial charge in [-0.25, -0.2) is 0 Å². The molecule has 1 aromatic heterocycles. The topological polar surface area (TPSA) is 29.9 Å². The molecule has 1 unspecified atom stereocenters. The molecule has 1 N–H and O–H groups in total. The van der Waals surface area contributed by atoms with E-state index in [0.29, 0.717) is 6.04 Å². The summed E-state index contributed by atoms with van der Waals surface area (Å²) < 4.78 is 1.90. The molecule has 0 saturated heterocycles. The zero-order chi connectivity index (χ0) is 13.8. The molecule has 0 bridgehead atoms. The number of aromatic nitrogens is 2.